The van der Waals surface area contributed by atoms with Gasteiger partial charge in [0, 0.05) is 24.3 Å². The fraction of sp³-hybridized carbons (Fsp3) is 0.118. The van der Waals surface area contributed by atoms with Gasteiger partial charge in [-0.2, -0.15) is 0 Å². The molecule has 0 saturated carbocycles. The zero-order valence-corrected chi connectivity index (χ0v) is 11.9. The van der Waals surface area contributed by atoms with Gasteiger partial charge in [-0.3, -0.25) is 9.36 Å². The van der Waals surface area contributed by atoms with Crippen molar-refractivity contribution in [2.24, 2.45) is 0 Å². The van der Waals surface area contributed by atoms with Crippen molar-refractivity contribution in [3.8, 4) is 5.69 Å². The summed E-state index contributed by atoms with van der Waals surface area (Å²) in [5.41, 5.74) is 4.02. The molecule has 0 saturated heterocycles. The van der Waals surface area contributed by atoms with Crippen LogP contribution in [0.4, 0.5) is 0 Å². The fourth-order valence-corrected chi connectivity index (χ4v) is 2.79. The molecule has 0 radical (unpaired) electrons. The molecule has 2 heterocycles. The first-order valence-electron chi connectivity index (χ1n) is 7.12. The lowest BCUT2D eigenvalue weighted by molar-refractivity contribution is 0.0751. The van der Waals surface area contributed by atoms with Gasteiger partial charge in [-0.1, -0.05) is 30.3 Å². The maximum absolute atomic E-state index is 12.7. The van der Waals surface area contributed by atoms with Gasteiger partial charge in [0.15, 0.2) is 0 Å². The maximum atomic E-state index is 12.7. The number of nitrogens with zero attached hydrogens (tertiary/aromatic N) is 4. The monoisotopic (exact) mass is 290 g/mol. The molecule has 5 nitrogen and oxygen atoms in total. The van der Waals surface area contributed by atoms with E-state index in [0.717, 1.165) is 5.69 Å². The first kappa shape index (κ1) is 12.8. The molecule has 0 spiro atoms. The Kier molecular flexibility index (Phi) is 2.96. The minimum absolute atomic E-state index is 0.0473. The Morgan fingerprint density at radius 2 is 1.59 bits per heavy atom. The lowest BCUT2D eigenvalue weighted by Crippen LogP contribution is -2.25. The van der Waals surface area contributed by atoms with Gasteiger partial charge in [-0.15, -0.1) is 10.2 Å². The Bertz CT molecular complexity index is 801. The number of benzene rings is 2. The van der Waals surface area contributed by atoms with Crippen LogP contribution in [0.15, 0.2) is 61.2 Å². The molecule has 4 rings (SSSR count). The summed E-state index contributed by atoms with van der Waals surface area (Å²) in [6.45, 7) is 1.34. The molecule has 1 amide bonds. The molecule has 1 aromatic heterocycles. The van der Waals surface area contributed by atoms with E-state index < -0.39 is 0 Å². The van der Waals surface area contributed by atoms with Crippen molar-refractivity contribution in [2.45, 2.75) is 13.1 Å². The van der Waals surface area contributed by atoms with Crippen LogP contribution in [-0.2, 0) is 13.1 Å². The quantitative estimate of drug-likeness (QED) is 0.728. The van der Waals surface area contributed by atoms with Crippen LogP contribution in [0, 0.1) is 0 Å². The summed E-state index contributed by atoms with van der Waals surface area (Å²) in [4.78, 5) is 14.6. The maximum Gasteiger partial charge on any atom is 0.254 e. The van der Waals surface area contributed by atoms with Crippen LogP contribution in [0.25, 0.3) is 5.69 Å². The molecule has 0 unspecified atom stereocenters. The van der Waals surface area contributed by atoms with E-state index in [1.807, 2.05) is 41.3 Å². The lowest BCUT2D eigenvalue weighted by atomic mass is 10.1. The van der Waals surface area contributed by atoms with Crippen LogP contribution < -0.4 is 0 Å². The number of hydrogen-bond acceptors (Lipinski definition) is 3. The van der Waals surface area contributed by atoms with E-state index in [1.54, 1.807) is 17.2 Å². The van der Waals surface area contributed by atoms with Crippen molar-refractivity contribution in [3.63, 3.8) is 0 Å². The Morgan fingerprint density at radius 3 is 2.27 bits per heavy atom. The predicted octanol–water partition coefficient (Wildman–Crippen LogP) is 2.42. The molecule has 22 heavy (non-hydrogen) atoms. The second-order valence-corrected chi connectivity index (χ2v) is 5.35. The molecule has 1 aliphatic rings. The third kappa shape index (κ3) is 2.16. The molecular weight excluding hydrogens is 276 g/mol. The van der Waals surface area contributed by atoms with Crippen molar-refractivity contribution < 1.29 is 4.79 Å². The van der Waals surface area contributed by atoms with E-state index in [4.69, 9.17) is 0 Å². The predicted molar refractivity (Wildman–Crippen MR) is 81.4 cm³/mol. The Morgan fingerprint density at radius 1 is 0.909 bits per heavy atom. The van der Waals surface area contributed by atoms with E-state index in [2.05, 4.69) is 22.3 Å². The molecule has 1 aliphatic heterocycles. The van der Waals surface area contributed by atoms with Gasteiger partial charge >= 0.3 is 0 Å². The first-order valence-corrected chi connectivity index (χ1v) is 7.12. The molecule has 108 valence electrons. The molecular formula is C17H14N4O. The van der Waals surface area contributed by atoms with E-state index in [1.165, 1.54) is 11.1 Å². The second-order valence-electron chi connectivity index (χ2n) is 5.35. The number of amides is 1. The number of fused-ring (bicyclic) bond motifs is 1. The van der Waals surface area contributed by atoms with Gasteiger partial charge in [0.2, 0.25) is 0 Å². The summed E-state index contributed by atoms with van der Waals surface area (Å²) in [6.07, 6.45) is 3.24. The zero-order valence-electron chi connectivity index (χ0n) is 11.9. The number of aromatic nitrogens is 3. The van der Waals surface area contributed by atoms with E-state index >= 15 is 0 Å². The van der Waals surface area contributed by atoms with Gasteiger partial charge in [-0.25, -0.2) is 0 Å². The summed E-state index contributed by atoms with van der Waals surface area (Å²) < 4.78 is 1.79. The molecule has 0 bridgehead atoms. The summed E-state index contributed by atoms with van der Waals surface area (Å²) in [5.74, 6) is 0.0473. The highest BCUT2D eigenvalue weighted by Gasteiger charge is 2.23. The summed E-state index contributed by atoms with van der Waals surface area (Å²) in [5, 5.41) is 7.59. The second kappa shape index (κ2) is 5.11. The average Bonchev–Trinajstić information content (AvgIpc) is 3.23. The Labute approximate surface area is 127 Å². The van der Waals surface area contributed by atoms with Gasteiger partial charge < -0.3 is 4.90 Å². The topological polar surface area (TPSA) is 51.0 Å². The first-order chi connectivity index (χ1) is 10.8. The highest BCUT2D eigenvalue weighted by atomic mass is 16.2. The fourth-order valence-electron chi connectivity index (χ4n) is 2.79. The van der Waals surface area contributed by atoms with Crippen LogP contribution in [0.1, 0.15) is 21.5 Å². The smallest absolute Gasteiger partial charge is 0.254 e. The van der Waals surface area contributed by atoms with Crippen LogP contribution in [0.2, 0.25) is 0 Å². The minimum Gasteiger partial charge on any atom is -0.330 e. The third-order valence-electron chi connectivity index (χ3n) is 3.94. The zero-order chi connectivity index (χ0) is 14.9. The van der Waals surface area contributed by atoms with E-state index in [9.17, 15) is 4.79 Å². The van der Waals surface area contributed by atoms with E-state index in [-0.39, 0.29) is 5.91 Å². The van der Waals surface area contributed by atoms with Gasteiger partial charge in [0.25, 0.3) is 5.91 Å². The van der Waals surface area contributed by atoms with Crippen LogP contribution >= 0.6 is 0 Å². The molecule has 2 aromatic carbocycles. The number of carbonyl (C=O) groups excluding carboxylic acids is 1. The Balaban J connectivity index is 1.61. The van der Waals surface area contributed by atoms with Crippen LogP contribution in [-0.4, -0.2) is 25.6 Å². The average molecular weight is 290 g/mol. The van der Waals surface area contributed by atoms with Crippen molar-refractivity contribution in [3.05, 3.63) is 77.9 Å². The summed E-state index contributed by atoms with van der Waals surface area (Å²) in [7, 11) is 0. The summed E-state index contributed by atoms with van der Waals surface area (Å²) in [6, 6.07) is 15.7. The highest BCUT2D eigenvalue weighted by molar-refractivity contribution is 5.95. The third-order valence-corrected chi connectivity index (χ3v) is 3.94. The molecule has 0 atom stereocenters. The highest BCUT2D eigenvalue weighted by Crippen LogP contribution is 2.24. The largest absolute Gasteiger partial charge is 0.330 e. The van der Waals surface area contributed by atoms with E-state index in [0.29, 0.717) is 18.7 Å². The normalized spacial score (nSPS) is 13.2. The minimum atomic E-state index is 0.0473. The lowest BCUT2D eigenvalue weighted by Gasteiger charge is -2.16. The standard InChI is InChI=1S/C17H14N4O/c22-17(20-9-14-4-1-2-5-15(14)10-20)13-6-3-7-16(8-13)21-11-18-19-12-21/h1-8,11-12H,9-10H2. The number of rotatable bonds is 2. The van der Waals surface area contributed by atoms with Crippen LogP contribution in [0.5, 0.6) is 0 Å². The molecule has 3 aromatic rings. The van der Waals surface area contributed by atoms with Gasteiger partial charge in [0.05, 0.1) is 0 Å². The number of hydrogen-bond donors (Lipinski definition) is 0. The molecule has 0 N–H and O–H groups in total. The number of carbonyl (C=O) groups is 1. The van der Waals surface area contributed by atoms with Crippen molar-refractivity contribution in [2.75, 3.05) is 0 Å². The van der Waals surface area contributed by atoms with Crippen LogP contribution in [0.3, 0.4) is 0 Å². The van der Waals surface area contributed by atoms with Crippen molar-refractivity contribution in [1.29, 1.82) is 0 Å². The van der Waals surface area contributed by atoms with Crippen molar-refractivity contribution in [1.82, 2.24) is 19.7 Å². The molecule has 0 fully saturated rings. The SMILES string of the molecule is O=C(c1cccc(-n2cnnc2)c1)N1Cc2ccccc2C1. The Hall–Kier alpha value is -2.95. The van der Waals surface area contributed by atoms with Gasteiger partial charge in [-0.05, 0) is 29.3 Å². The molecule has 0 aliphatic carbocycles. The molecule has 5 heteroatoms. The van der Waals surface area contributed by atoms with Crippen molar-refractivity contribution >= 4 is 5.91 Å². The summed E-state index contributed by atoms with van der Waals surface area (Å²) >= 11 is 0. The van der Waals surface area contributed by atoms with Gasteiger partial charge in [0.1, 0.15) is 12.7 Å².